The number of rotatable bonds is 7. The van der Waals surface area contributed by atoms with Crippen LogP contribution in [0.5, 0.6) is 5.75 Å². The van der Waals surface area contributed by atoms with Crippen molar-refractivity contribution in [1.82, 2.24) is 10.2 Å². The Kier molecular flexibility index (Phi) is 5.86. The van der Waals surface area contributed by atoms with Crippen LogP contribution in [-0.2, 0) is 0 Å². The number of aryl methyl sites for hydroxylation is 2. The van der Waals surface area contributed by atoms with E-state index in [2.05, 4.69) is 42.3 Å². The predicted octanol–water partition coefficient (Wildman–Crippen LogP) is 2.76. The van der Waals surface area contributed by atoms with E-state index in [0.717, 1.165) is 37.9 Å². The quantitative estimate of drug-likeness (QED) is 0.775. The van der Waals surface area contributed by atoms with Crippen molar-refractivity contribution >= 4 is 0 Å². The van der Waals surface area contributed by atoms with Crippen LogP contribution in [0.2, 0.25) is 0 Å². The molecule has 20 heavy (non-hydrogen) atoms. The van der Waals surface area contributed by atoms with Crippen molar-refractivity contribution < 1.29 is 4.74 Å². The van der Waals surface area contributed by atoms with Crippen molar-refractivity contribution in [2.24, 2.45) is 0 Å². The third kappa shape index (κ3) is 4.22. The Morgan fingerprint density at radius 3 is 3.00 bits per heavy atom. The number of hydrogen-bond donors (Lipinski definition) is 1. The summed E-state index contributed by atoms with van der Waals surface area (Å²) in [7, 11) is 2.04. The summed E-state index contributed by atoms with van der Waals surface area (Å²) in [5, 5.41) is 3.30. The Labute approximate surface area is 123 Å². The lowest BCUT2D eigenvalue weighted by molar-refractivity contribution is 0.219. The lowest BCUT2D eigenvalue weighted by Gasteiger charge is -2.24. The van der Waals surface area contributed by atoms with Crippen LogP contribution in [-0.4, -0.2) is 44.2 Å². The molecule has 0 amide bonds. The number of hydrogen-bond acceptors (Lipinski definition) is 3. The lowest BCUT2D eigenvalue weighted by atomic mass is 10.1. The second kappa shape index (κ2) is 7.65. The monoisotopic (exact) mass is 276 g/mol. The van der Waals surface area contributed by atoms with Crippen molar-refractivity contribution in [3.8, 4) is 5.75 Å². The van der Waals surface area contributed by atoms with Gasteiger partial charge in [0, 0.05) is 19.1 Å². The van der Waals surface area contributed by atoms with Crippen LogP contribution in [0.15, 0.2) is 18.2 Å². The van der Waals surface area contributed by atoms with E-state index in [-0.39, 0.29) is 0 Å². The molecule has 1 heterocycles. The first-order valence-corrected chi connectivity index (χ1v) is 7.79. The topological polar surface area (TPSA) is 24.5 Å². The van der Waals surface area contributed by atoms with Crippen molar-refractivity contribution in [1.29, 1.82) is 0 Å². The molecule has 0 spiro atoms. The third-order valence-electron chi connectivity index (χ3n) is 4.13. The van der Waals surface area contributed by atoms with E-state index in [1.54, 1.807) is 0 Å². The highest BCUT2D eigenvalue weighted by molar-refractivity contribution is 5.35. The first-order valence-electron chi connectivity index (χ1n) is 7.79. The zero-order valence-electron chi connectivity index (χ0n) is 13.1. The number of nitrogens with one attached hydrogen (secondary N) is 1. The normalized spacial score (nSPS) is 19.4. The van der Waals surface area contributed by atoms with Crippen LogP contribution < -0.4 is 10.1 Å². The van der Waals surface area contributed by atoms with Gasteiger partial charge >= 0.3 is 0 Å². The summed E-state index contributed by atoms with van der Waals surface area (Å²) in [5.41, 5.74) is 2.49. The molecule has 0 aliphatic carbocycles. The SMILES string of the molecule is CNCC1CCCN1CCCOc1cc(C)ccc1C. The minimum absolute atomic E-state index is 0.723. The van der Waals surface area contributed by atoms with E-state index < -0.39 is 0 Å². The number of ether oxygens (including phenoxy) is 1. The zero-order chi connectivity index (χ0) is 14.4. The van der Waals surface area contributed by atoms with Crippen LogP contribution in [0.4, 0.5) is 0 Å². The van der Waals surface area contributed by atoms with Gasteiger partial charge in [-0.25, -0.2) is 0 Å². The number of likely N-dealkylation sites (N-methyl/N-ethyl adjacent to an activating group) is 1. The first kappa shape index (κ1) is 15.3. The molecule has 1 aliphatic rings. The van der Waals surface area contributed by atoms with E-state index in [0.29, 0.717) is 0 Å². The van der Waals surface area contributed by atoms with E-state index in [4.69, 9.17) is 4.74 Å². The molecule has 1 N–H and O–H groups in total. The Hall–Kier alpha value is -1.06. The maximum Gasteiger partial charge on any atom is 0.122 e. The Morgan fingerprint density at radius 1 is 1.35 bits per heavy atom. The molecule has 1 aromatic carbocycles. The van der Waals surface area contributed by atoms with E-state index in [1.807, 2.05) is 7.05 Å². The van der Waals surface area contributed by atoms with Gasteiger partial charge in [0.1, 0.15) is 5.75 Å². The van der Waals surface area contributed by atoms with Gasteiger partial charge in [-0.05, 0) is 63.9 Å². The number of benzene rings is 1. The minimum Gasteiger partial charge on any atom is -0.493 e. The molecular formula is C17H28N2O. The Balaban J connectivity index is 1.72. The molecule has 1 aromatic rings. The van der Waals surface area contributed by atoms with Gasteiger partial charge in [0.15, 0.2) is 0 Å². The van der Waals surface area contributed by atoms with Crippen LogP contribution in [0.3, 0.4) is 0 Å². The van der Waals surface area contributed by atoms with Crippen LogP contribution in [0.1, 0.15) is 30.4 Å². The van der Waals surface area contributed by atoms with Gasteiger partial charge in [0.25, 0.3) is 0 Å². The fraction of sp³-hybridized carbons (Fsp3) is 0.647. The largest absolute Gasteiger partial charge is 0.493 e. The molecule has 1 fully saturated rings. The number of nitrogens with zero attached hydrogens (tertiary/aromatic N) is 1. The summed E-state index contributed by atoms with van der Waals surface area (Å²) in [6.07, 6.45) is 3.77. The maximum atomic E-state index is 5.93. The van der Waals surface area contributed by atoms with Crippen molar-refractivity contribution in [2.45, 2.75) is 39.2 Å². The maximum absolute atomic E-state index is 5.93. The minimum atomic E-state index is 0.723. The fourth-order valence-corrected chi connectivity index (χ4v) is 2.97. The van der Waals surface area contributed by atoms with E-state index >= 15 is 0 Å². The Bertz CT molecular complexity index is 419. The third-order valence-corrected chi connectivity index (χ3v) is 4.13. The second-order valence-corrected chi connectivity index (χ2v) is 5.86. The molecule has 1 saturated heterocycles. The van der Waals surface area contributed by atoms with Crippen LogP contribution in [0.25, 0.3) is 0 Å². The lowest BCUT2D eigenvalue weighted by Crippen LogP contribution is -2.37. The molecule has 112 valence electrons. The highest BCUT2D eigenvalue weighted by Gasteiger charge is 2.22. The molecule has 1 aliphatic heterocycles. The second-order valence-electron chi connectivity index (χ2n) is 5.86. The highest BCUT2D eigenvalue weighted by Crippen LogP contribution is 2.20. The van der Waals surface area contributed by atoms with Gasteiger partial charge < -0.3 is 10.1 Å². The fourth-order valence-electron chi connectivity index (χ4n) is 2.97. The van der Waals surface area contributed by atoms with E-state index in [1.165, 1.54) is 30.5 Å². The van der Waals surface area contributed by atoms with Gasteiger partial charge in [-0.3, -0.25) is 4.90 Å². The van der Waals surface area contributed by atoms with Crippen molar-refractivity contribution in [2.75, 3.05) is 33.3 Å². The average Bonchev–Trinajstić information content (AvgIpc) is 2.86. The predicted molar refractivity (Wildman–Crippen MR) is 84.5 cm³/mol. The smallest absolute Gasteiger partial charge is 0.122 e. The van der Waals surface area contributed by atoms with Crippen molar-refractivity contribution in [3.05, 3.63) is 29.3 Å². The van der Waals surface area contributed by atoms with Gasteiger partial charge in [-0.2, -0.15) is 0 Å². The first-order chi connectivity index (χ1) is 9.70. The molecule has 0 bridgehead atoms. The van der Waals surface area contributed by atoms with Crippen LogP contribution >= 0.6 is 0 Å². The summed E-state index contributed by atoms with van der Waals surface area (Å²) in [4.78, 5) is 2.60. The van der Waals surface area contributed by atoms with Gasteiger partial charge in [0.05, 0.1) is 6.61 Å². The molecule has 1 unspecified atom stereocenters. The van der Waals surface area contributed by atoms with Gasteiger partial charge in [0.2, 0.25) is 0 Å². The summed E-state index contributed by atoms with van der Waals surface area (Å²) < 4.78 is 5.93. The van der Waals surface area contributed by atoms with E-state index in [9.17, 15) is 0 Å². The molecule has 0 aromatic heterocycles. The molecule has 1 atom stereocenters. The van der Waals surface area contributed by atoms with Crippen LogP contribution in [0, 0.1) is 13.8 Å². The molecule has 3 nitrogen and oxygen atoms in total. The summed E-state index contributed by atoms with van der Waals surface area (Å²) in [5.74, 6) is 1.04. The Morgan fingerprint density at radius 2 is 2.20 bits per heavy atom. The van der Waals surface area contributed by atoms with Gasteiger partial charge in [-0.15, -0.1) is 0 Å². The molecule has 3 heteroatoms. The highest BCUT2D eigenvalue weighted by atomic mass is 16.5. The molecule has 2 rings (SSSR count). The standard InChI is InChI=1S/C17H28N2O/c1-14-7-8-15(2)17(12-14)20-11-5-10-19-9-4-6-16(19)13-18-3/h7-8,12,16,18H,4-6,9-11,13H2,1-3H3. The molecule has 0 radical (unpaired) electrons. The summed E-state index contributed by atoms with van der Waals surface area (Å²) >= 11 is 0. The zero-order valence-corrected chi connectivity index (χ0v) is 13.1. The molecular weight excluding hydrogens is 248 g/mol. The summed E-state index contributed by atoms with van der Waals surface area (Å²) in [6.45, 7) is 8.54. The van der Waals surface area contributed by atoms with Gasteiger partial charge in [-0.1, -0.05) is 12.1 Å². The summed E-state index contributed by atoms with van der Waals surface area (Å²) in [6, 6.07) is 7.12. The number of likely N-dealkylation sites (tertiary alicyclic amines) is 1. The van der Waals surface area contributed by atoms with Crippen molar-refractivity contribution in [3.63, 3.8) is 0 Å². The molecule has 0 saturated carbocycles. The average molecular weight is 276 g/mol.